The zero-order valence-corrected chi connectivity index (χ0v) is 59.7. The topological polar surface area (TPSA) is 323 Å². The van der Waals surface area contributed by atoms with Crippen LogP contribution in [0.1, 0.15) is 96.4 Å². The van der Waals surface area contributed by atoms with Crippen molar-refractivity contribution in [3.05, 3.63) is 144 Å². The predicted molar refractivity (Wildman–Crippen MR) is 376 cm³/mol. The van der Waals surface area contributed by atoms with Gasteiger partial charge in [-0.1, -0.05) is 178 Å². The number of hydrogen-bond acceptors (Lipinski definition) is 15. The zero-order chi connectivity index (χ0) is 72.4. The lowest BCUT2D eigenvalue weighted by molar-refractivity contribution is -0.156. The summed E-state index contributed by atoms with van der Waals surface area (Å²) < 4.78 is 5.49. The van der Waals surface area contributed by atoms with E-state index >= 15 is 14.4 Å². The van der Waals surface area contributed by atoms with Gasteiger partial charge in [-0.05, 0) is 67.7 Å². The summed E-state index contributed by atoms with van der Waals surface area (Å²) in [5, 5.41) is 25.8. The largest absolute Gasteiger partial charge is 0.465 e. The second kappa shape index (κ2) is 38.8. The summed E-state index contributed by atoms with van der Waals surface area (Å²) in [4.78, 5) is 178. The number of cyclic esters (lactones) is 1. The van der Waals surface area contributed by atoms with Crippen LogP contribution < -0.4 is 31.9 Å². The first-order valence-electron chi connectivity index (χ1n) is 32.8. The molecule has 98 heavy (non-hydrogen) atoms. The van der Waals surface area contributed by atoms with Crippen LogP contribution in [0, 0.1) is 5.92 Å². The van der Waals surface area contributed by atoms with E-state index < -0.39 is 139 Å². The summed E-state index contributed by atoms with van der Waals surface area (Å²) >= 11 is 0. The smallest absolute Gasteiger partial charge is 0.405 e. The number of esters is 1. The van der Waals surface area contributed by atoms with E-state index in [9.17, 15) is 48.3 Å². The minimum Gasteiger partial charge on any atom is -0.465 e. The van der Waals surface area contributed by atoms with Crippen LogP contribution in [0.25, 0.3) is 0 Å². The van der Waals surface area contributed by atoms with Gasteiger partial charge in [0.05, 0.1) is 6.54 Å². The van der Waals surface area contributed by atoms with Crippen LogP contribution in [-0.2, 0) is 83.2 Å². The number of likely N-dealkylation sites (N-methyl/N-ethyl adjacent to an activating group) is 5. The fourth-order valence-corrected chi connectivity index (χ4v) is 13.2. The van der Waals surface area contributed by atoms with Crippen molar-refractivity contribution in [1.29, 1.82) is 0 Å². The van der Waals surface area contributed by atoms with Crippen LogP contribution in [0.15, 0.2) is 121 Å². The normalized spacial score (nSPS) is 21.9. The average molecular weight is 1390 g/mol. The molecule has 0 bridgehead atoms. The molecule has 11 amide bonds. The predicted octanol–water partition coefficient (Wildman–Crippen LogP) is 4.41. The van der Waals surface area contributed by atoms with Crippen molar-refractivity contribution in [1.82, 2.24) is 56.4 Å². The first-order chi connectivity index (χ1) is 46.3. The maximum absolute atomic E-state index is 15.4. The van der Waals surface area contributed by atoms with E-state index in [1.807, 2.05) is 34.6 Å². The molecule has 4 aromatic rings. The molecular formula is C71H97N11O14S2. The summed E-state index contributed by atoms with van der Waals surface area (Å²) in [7, 11) is 9.66. The van der Waals surface area contributed by atoms with Crippen LogP contribution in [0.3, 0.4) is 0 Å². The van der Waals surface area contributed by atoms with Gasteiger partial charge in [0, 0.05) is 78.0 Å². The molecule has 4 aromatic carbocycles. The first-order valence-corrected chi connectivity index (χ1v) is 35.1. The van der Waals surface area contributed by atoms with E-state index in [1.54, 1.807) is 121 Å². The van der Waals surface area contributed by atoms with E-state index in [1.165, 1.54) is 80.5 Å². The average Bonchev–Trinajstić information content (AvgIpc) is 0.837. The number of unbranched alkanes of at least 4 members (excludes halogenated alkanes) is 1. The number of carbonyl (C=O) groups is 12. The van der Waals surface area contributed by atoms with Gasteiger partial charge in [-0.25, -0.2) is 9.59 Å². The Labute approximate surface area is 582 Å². The summed E-state index contributed by atoms with van der Waals surface area (Å²) in [6.07, 6.45) is -1.34. The highest BCUT2D eigenvalue weighted by Crippen LogP contribution is 2.35. The van der Waals surface area contributed by atoms with Crippen LogP contribution in [0.4, 0.5) is 4.79 Å². The summed E-state index contributed by atoms with van der Waals surface area (Å²) in [6, 6.07) is 23.2. The molecule has 0 aromatic heterocycles. The van der Waals surface area contributed by atoms with Crippen molar-refractivity contribution in [3.8, 4) is 0 Å². The number of ether oxygens (including phenoxy) is 1. The Morgan fingerprint density at radius 3 is 1.52 bits per heavy atom. The number of rotatable bonds is 20. The molecule has 0 aliphatic carbocycles. The van der Waals surface area contributed by atoms with Gasteiger partial charge in [0.1, 0.15) is 54.4 Å². The van der Waals surface area contributed by atoms with Gasteiger partial charge in [-0.15, -0.1) is 0 Å². The minimum atomic E-state index is -1.43. The Kier molecular flexibility index (Phi) is 31.6. The van der Waals surface area contributed by atoms with E-state index in [2.05, 4.69) is 31.9 Å². The van der Waals surface area contributed by atoms with Gasteiger partial charge >= 0.3 is 12.1 Å². The second-order valence-electron chi connectivity index (χ2n) is 26.0. The summed E-state index contributed by atoms with van der Waals surface area (Å²) in [5.74, 6) is -8.49. The van der Waals surface area contributed by atoms with Gasteiger partial charge in [-0.3, -0.25) is 47.9 Å². The highest BCUT2D eigenvalue weighted by atomic mass is 33.1. The number of nitrogens with one attached hydrogen (secondary N) is 6. The van der Waals surface area contributed by atoms with Gasteiger partial charge < -0.3 is 66.2 Å². The molecule has 7 N–H and O–H groups in total. The number of carbonyl (C=O) groups excluding carboxylic acids is 11. The number of amides is 11. The molecule has 0 saturated carbocycles. The Bertz CT molecular complexity index is 3350. The maximum Gasteiger partial charge on any atom is 0.405 e. The molecule has 8 unspecified atom stereocenters. The molecule has 532 valence electrons. The van der Waals surface area contributed by atoms with Gasteiger partial charge in [-0.2, -0.15) is 0 Å². The van der Waals surface area contributed by atoms with Crippen molar-refractivity contribution in [2.45, 2.75) is 159 Å². The Hall–Kier alpha value is -8.98. The van der Waals surface area contributed by atoms with Crippen molar-refractivity contribution in [2.24, 2.45) is 5.92 Å². The quantitative estimate of drug-likeness (QED) is 0.0366. The standard InChI is InChI=1S/C71H97N11O14S2/c1-45(2)37-56-64(88)75-53(38-48-27-17-13-18-28-48)67(91)78(8)42-59(83)80(10)57(40-50-31-21-15-22-32-50)63(87)73-46(3)66(90)79(9)47(4)61(85)76-54(39-49-29-19-14-20-30-49)69(93)96-43-60(84)81(11)58(41-51-33-23-16-24-34-51)65(89)74-52(68(92)82(56)12)35-25-26-36-72-62(86)55(77-70(94)95)44-97-98-71(5,6)7/h13-24,27-34,45-47,52-58,77H,25-26,35-44H2,1-12H3,(H,72,86)(H,73,87)(H,74,89)(H,75,88)(H,76,85)(H,94,95)/t46?,47?,52?,53?,54?,55-,56?,57?,58?/m0/s1. The van der Waals surface area contributed by atoms with Gasteiger partial charge in [0.15, 0.2) is 6.61 Å². The van der Waals surface area contributed by atoms with Crippen LogP contribution in [0.5, 0.6) is 0 Å². The van der Waals surface area contributed by atoms with Crippen LogP contribution in [-0.4, -0.2) is 221 Å². The fraction of sp³-hybridized carbons (Fsp3) is 0.493. The molecule has 1 fully saturated rings. The third-order valence-corrected chi connectivity index (χ3v) is 19.9. The molecular weight excluding hydrogens is 1290 g/mol. The highest BCUT2D eigenvalue weighted by Gasteiger charge is 2.40. The molecule has 0 radical (unpaired) electrons. The van der Waals surface area contributed by atoms with Crippen molar-refractivity contribution >= 4 is 92.7 Å². The SMILES string of the molecule is CC(C)CC1C(=O)NC(Cc2ccccc2)C(=O)N(C)CC(=O)N(C)C(Cc2ccccc2)C(=O)NC(C)C(=O)N(C)C(C)C(=O)NC(Cc2ccccc2)C(=O)OCC(=O)N(C)C(Cc2ccccc2)C(=O)NC(CCCCNC(=O)[C@H](CSSC(C)(C)C)NC(=O)O)C(=O)N1C. The first kappa shape index (κ1) is 79.7. The monoisotopic (exact) mass is 1390 g/mol. The van der Waals surface area contributed by atoms with Crippen molar-refractivity contribution < 1.29 is 67.4 Å². The Balaban J connectivity index is 1.59. The van der Waals surface area contributed by atoms with E-state index in [0.717, 1.165) is 14.7 Å². The number of benzene rings is 4. The second-order valence-corrected chi connectivity index (χ2v) is 29.2. The lowest BCUT2D eigenvalue weighted by Crippen LogP contribution is -2.60. The lowest BCUT2D eigenvalue weighted by Gasteiger charge is -2.35. The Morgan fingerprint density at radius 1 is 0.561 bits per heavy atom. The molecule has 1 saturated heterocycles. The zero-order valence-electron chi connectivity index (χ0n) is 58.1. The van der Waals surface area contributed by atoms with Gasteiger partial charge in [0.2, 0.25) is 53.2 Å². The number of carboxylic acid groups (broad SMARTS) is 1. The highest BCUT2D eigenvalue weighted by molar-refractivity contribution is 8.77. The molecule has 1 aliphatic heterocycles. The molecule has 0 spiro atoms. The molecule has 9 atom stereocenters. The molecule has 1 aliphatic rings. The third-order valence-electron chi connectivity index (χ3n) is 16.6. The molecule has 27 heteroatoms. The van der Waals surface area contributed by atoms with Crippen molar-refractivity contribution in [2.75, 3.05) is 60.7 Å². The minimum absolute atomic E-state index is 0.0263. The molecule has 1 heterocycles. The summed E-state index contributed by atoms with van der Waals surface area (Å²) in [6.45, 7) is 11.0. The molecule has 25 nitrogen and oxygen atoms in total. The van der Waals surface area contributed by atoms with E-state index in [4.69, 9.17) is 4.74 Å². The third kappa shape index (κ3) is 25.5. The van der Waals surface area contributed by atoms with E-state index in [0.29, 0.717) is 22.3 Å². The number of hydrogen-bond donors (Lipinski definition) is 7. The molecule has 5 rings (SSSR count). The van der Waals surface area contributed by atoms with Crippen molar-refractivity contribution in [3.63, 3.8) is 0 Å². The summed E-state index contributed by atoms with van der Waals surface area (Å²) in [5.41, 5.74) is 2.50. The number of nitrogens with zero attached hydrogens (tertiary/aromatic N) is 5. The van der Waals surface area contributed by atoms with Crippen LogP contribution in [0.2, 0.25) is 0 Å². The Morgan fingerprint density at radius 2 is 1.02 bits per heavy atom. The van der Waals surface area contributed by atoms with Crippen LogP contribution >= 0.6 is 21.6 Å². The maximum atomic E-state index is 15.4. The van der Waals surface area contributed by atoms with Gasteiger partial charge in [0.25, 0.3) is 5.91 Å². The lowest BCUT2D eigenvalue weighted by atomic mass is 9.98. The van der Waals surface area contributed by atoms with E-state index in [-0.39, 0.29) is 74.3 Å². The fourth-order valence-electron chi connectivity index (χ4n) is 10.8.